The minimum absolute atomic E-state index is 0.108. The molecule has 0 aliphatic rings. The molecule has 1 heterocycles. The molecule has 160 valence electrons. The molecule has 0 bridgehead atoms. The van der Waals surface area contributed by atoms with E-state index in [4.69, 9.17) is 0 Å². The molecule has 2 aromatic carbocycles. The van der Waals surface area contributed by atoms with Crippen LogP contribution in [0.25, 0.3) is 0 Å². The minimum atomic E-state index is -0.108. The highest BCUT2D eigenvalue weighted by atomic mass is 16.1. The van der Waals surface area contributed by atoms with Crippen LogP contribution < -0.4 is 21.0 Å². The number of aromatic nitrogens is 3. The first kappa shape index (κ1) is 21.7. The summed E-state index contributed by atoms with van der Waals surface area (Å²) in [6, 6.07) is 17.5. The number of anilines is 4. The summed E-state index contributed by atoms with van der Waals surface area (Å²) in [6.07, 6.45) is 0. The van der Waals surface area contributed by atoms with Gasteiger partial charge in [-0.05, 0) is 30.2 Å². The zero-order chi connectivity index (χ0) is 22.2. The molecule has 0 aliphatic carbocycles. The van der Waals surface area contributed by atoms with Gasteiger partial charge in [0.15, 0.2) is 0 Å². The smallest absolute Gasteiger partial charge is 0.250 e. The molecular formula is C22H26N8O. The molecule has 0 atom stereocenters. The number of hydrogen-bond acceptors (Lipinski definition) is 8. The molecule has 31 heavy (non-hydrogen) atoms. The summed E-state index contributed by atoms with van der Waals surface area (Å²) in [5.74, 6) is 1.20. The molecular weight excluding hydrogens is 392 g/mol. The zero-order valence-electron chi connectivity index (χ0n) is 18.0. The fourth-order valence-corrected chi connectivity index (χ4v) is 2.67. The van der Waals surface area contributed by atoms with E-state index in [9.17, 15) is 4.79 Å². The van der Waals surface area contributed by atoms with E-state index in [2.05, 4.69) is 36.1 Å². The van der Waals surface area contributed by atoms with E-state index >= 15 is 0 Å². The molecule has 0 saturated carbocycles. The summed E-state index contributed by atoms with van der Waals surface area (Å²) < 4.78 is 0. The van der Waals surface area contributed by atoms with Crippen molar-refractivity contribution in [3.8, 4) is 0 Å². The topological polar surface area (TPSA) is 107 Å². The van der Waals surface area contributed by atoms with Gasteiger partial charge in [-0.3, -0.25) is 4.79 Å². The number of amides is 1. The second kappa shape index (κ2) is 10.1. The normalized spacial score (nSPS) is 11.0. The number of nitrogens with zero attached hydrogens (tertiary/aromatic N) is 5. The lowest BCUT2D eigenvalue weighted by Gasteiger charge is -2.13. The SMILES string of the molecule is CC(=O)Nc1ccc(/C(C)=N\Nc2nc(NCc3ccccc3)nc(N(C)C)n2)cc1. The van der Waals surface area contributed by atoms with Crippen LogP contribution in [0.4, 0.5) is 23.5 Å². The molecule has 9 heteroatoms. The molecule has 3 aromatic rings. The third-order valence-corrected chi connectivity index (χ3v) is 4.26. The summed E-state index contributed by atoms with van der Waals surface area (Å²) in [7, 11) is 3.73. The summed E-state index contributed by atoms with van der Waals surface area (Å²) >= 11 is 0. The van der Waals surface area contributed by atoms with E-state index in [0.29, 0.717) is 24.4 Å². The van der Waals surface area contributed by atoms with Crippen LogP contribution in [0.1, 0.15) is 25.0 Å². The maximum absolute atomic E-state index is 11.1. The molecule has 3 N–H and O–H groups in total. The van der Waals surface area contributed by atoms with Gasteiger partial charge >= 0.3 is 0 Å². The Hall–Kier alpha value is -4.01. The molecule has 0 aliphatic heterocycles. The Morgan fingerprint density at radius 1 is 0.935 bits per heavy atom. The van der Waals surface area contributed by atoms with Gasteiger partial charge in [0.2, 0.25) is 23.8 Å². The highest BCUT2D eigenvalue weighted by Gasteiger charge is 2.08. The van der Waals surface area contributed by atoms with E-state index < -0.39 is 0 Å². The molecule has 1 aromatic heterocycles. The van der Waals surface area contributed by atoms with Crippen molar-refractivity contribution in [1.82, 2.24) is 15.0 Å². The first-order chi connectivity index (χ1) is 14.9. The fraction of sp³-hybridized carbons (Fsp3) is 0.227. The molecule has 3 rings (SSSR count). The molecule has 9 nitrogen and oxygen atoms in total. The average Bonchev–Trinajstić information content (AvgIpc) is 2.76. The van der Waals surface area contributed by atoms with Crippen molar-refractivity contribution >= 4 is 35.2 Å². The van der Waals surface area contributed by atoms with E-state index in [1.54, 1.807) is 4.90 Å². The van der Waals surface area contributed by atoms with E-state index in [1.165, 1.54) is 6.92 Å². The van der Waals surface area contributed by atoms with Crippen LogP contribution in [0.2, 0.25) is 0 Å². The third-order valence-electron chi connectivity index (χ3n) is 4.26. The van der Waals surface area contributed by atoms with Crippen LogP contribution in [-0.4, -0.2) is 40.7 Å². The van der Waals surface area contributed by atoms with Crippen molar-refractivity contribution in [3.63, 3.8) is 0 Å². The highest BCUT2D eigenvalue weighted by Crippen LogP contribution is 2.14. The zero-order valence-corrected chi connectivity index (χ0v) is 18.0. The van der Waals surface area contributed by atoms with Crippen LogP contribution in [-0.2, 0) is 11.3 Å². The Morgan fingerprint density at radius 2 is 1.61 bits per heavy atom. The number of nitrogens with one attached hydrogen (secondary N) is 3. The van der Waals surface area contributed by atoms with Gasteiger partial charge in [0, 0.05) is 33.3 Å². The summed E-state index contributed by atoms with van der Waals surface area (Å²) in [5, 5.41) is 10.4. The van der Waals surface area contributed by atoms with Crippen LogP contribution >= 0.6 is 0 Å². The number of hydrazone groups is 1. The van der Waals surface area contributed by atoms with Gasteiger partial charge in [-0.25, -0.2) is 5.43 Å². The fourth-order valence-electron chi connectivity index (χ4n) is 2.67. The Labute approximate surface area is 181 Å². The third kappa shape index (κ3) is 6.49. The molecule has 0 saturated heterocycles. The first-order valence-electron chi connectivity index (χ1n) is 9.80. The van der Waals surface area contributed by atoms with Crippen LogP contribution in [0.3, 0.4) is 0 Å². The molecule has 0 unspecified atom stereocenters. The van der Waals surface area contributed by atoms with Gasteiger partial charge in [-0.1, -0.05) is 42.5 Å². The lowest BCUT2D eigenvalue weighted by Crippen LogP contribution is -2.16. The maximum Gasteiger partial charge on any atom is 0.250 e. The first-order valence-corrected chi connectivity index (χ1v) is 9.80. The quantitative estimate of drug-likeness (QED) is 0.380. The average molecular weight is 419 g/mol. The van der Waals surface area contributed by atoms with Crippen molar-refractivity contribution in [1.29, 1.82) is 0 Å². The Morgan fingerprint density at radius 3 is 2.26 bits per heavy atom. The lowest BCUT2D eigenvalue weighted by atomic mass is 10.1. The van der Waals surface area contributed by atoms with Crippen LogP contribution in [0, 0.1) is 0 Å². The monoisotopic (exact) mass is 418 g/mol. The predicted molar refractivity (Wildman–Crippen MR) is 125 cm³/mol. The van der Waals surface area contributed by atoms with E-state index in [1.807, 2.05) is 75.6 Å². The molecule has 0 spiro atoms. The number of hydrogen-bond donors (Lipinski definition) is 3. The maximum atomic E-state index is 11.1. The second-order valence-electron chi connectivity index (χ2n) is 7.08. The van der Waals surface area contributed by atoms with Gasteiger partial charge in [-0.2, -0.15) is 20.1 Å². The van der Waals surface area contributed by atoms with E-state index in [0.717, 1.165) is 22.5 Å². The van der Waals surface area contributed by atoms with Crippen molar-refractivity contribution in [2.45, 2.75) is 20.4 Å². The number of carbonyl (C=O) groups excluding carboxylic acids is 1. The summed E-state index contributed by atoms with van der Waals surface area (Å²) in [4.78, 5) is 26.2. The Kier molecular flexibility index (Phi) is 7.10. The lowest BCUT2D eigenvalue weighted by molar-refractivity contribution is -0.114. The van der Waals surface area contributed by atoms with Gasteiger partial charge in [0.25, 0.3) is 0 Å². The van der Waals surface area contributed by atoms with E-state index in [-0.39, 0.29) is 5.91 Å². The van der Waals surface area contributed by atoms with Gasteiger partial charge < -0.3 is 15.5 Å². The number of carbonyl (C=O) groups is 1. The summed E-state index contributed by atoms with van der Waals surface area (Å²) in [6.45, 7) is 3.95. The standard InChI is InChI=1S/C22H26N8O/c1-15(18-10-12-19(13-11-18)24-16(2)31)28-29-21-25-20(26-22(27-21)30(3)4)23-14-17-8-6-5-7-9-17/h5-13H,14H2,1-4H3,(H,24,31)(H2,23,25,26,27,29)/b28-15-. The van der Waals surface area contributed by atoms with Crippen LogP contribution in [0.5, 0.6) is 0 Å². The van der Waals surface area contributed by atoms with Crippen molar-refractivity contribution in [2.75, 3.05) is 35.1 Å². The van der Waals surface area contributed by atoms with Crippen molar-refractivity contribution < 1.29 is 4.79 Å². The minimum Gasteiger partial charge on any atom is -0.350 e. The second-order valence-corrected chi connectivity index (χ2v) is 7.08. The predicted octanol–water partition coefficient (Wildman–Crippen LogP) is 3.34. The Balaban J connectivity index is 1.73. The Bertz CT molecular complexity index is 1050. The summed E-state index contributed by atoms with van der Waals surface area (Å²) in [5.41, 5.74) is 6.43. The number of benzene rings is 2. The van der Waals surface area contributed by atoms with Crippen molar-refractivity contribution in [3.05, 3.63) is 65.7 Å². The van der Waals surface area contributed by atoms with Crippen LogP contribution in [0.15, 0.2) is 59.7 Å². The molecule has 0 radical (unpaired) electrons. The highest BCUT2D eigenvalue weighted by molar-refractivity contribution is 5.99. The number of rotatable bonds is 8. The largest absolute Gasteiger partial charge is 0.350 e. The van der Waals surface area contributed by atoms with Gasteiger partial charge in [0.05, 0.1) is 5.71 Å². The van der Waals surface area contributed by atoms with Crippen molar-refractivity contribution in [2.24, 2.45) is 5.10 Å². The molecule has 1 amide bonds. The van der Waals surface area contributed by atoms with Gasteiger partial charge in [0.1, 0.15) is 0 Å². The van der Waals surface area contributed by atoms with Gasteiger partial charge in [-0.15, -0.1) is 0 Å². The molecule has 0 fully saturated rings.